The second-order valence-electron chi connectivity index (χ2n) is 2.87. The Hall–Kier alpha value is -1.38. The lowest BCUT2D eigenvalue weighted by atomic mass is 10.2. The molecule has 0 bridgehead atoms. The summed E-state index contributed by atoms with van der Waals surface area (Å²) in [4.78, 5) is 21.1. The monoisotopic (exact) mass is 181 g/mol. The highest BCUT2D eigenvalue weighted by Crippen LogP contribution is 1.96. The third-order valence-electron chi connectivity index (χ3n) is 1.54. The molecule has 0 aliphatic carbocycles. The van der Waals surface area contributed by atoms with Crippen molar-refractivity contribution in [2.45, 2.75) is 19.8 Å². The fourth-order valence-electron chi connectivity index (χ4n) is 0.678. The van der Waals surface area contributed by atoms with Gasteiger partial charge >= 0.3 is 0 Å². The Labute approximate surface area is 78.5 Å². The molecule has 0 amide bonds. The van der Waals surface area contributed by atoms with Gasteiger partial charge in [0.2, 0.25) is 0 Å². The van der Waals surface area contributed by atoms with Gasteiger partial charge in [-0.3, -0.25) is 4.79 Å². The molecular weight excluding hydrogens is 166 g/mol. The number of hydrogen-bond acceptors (Lipinski definition) is 3. The van der Waals surface area contributed by atoms with Crippen LogP contribution in [0.15, 0.2) is 24.4 Å². The zero-order valence-corrected chi connectivity index (χ0v) is 7.93. The van der Waals surface area contributed by atoms with Crippen LogP contribution < -0.4 is 5.32 Å². The molecule has 72 valence electrons. The molecule has 0 aromatic heterocycles. The molecular formula is C10H15NO2. The van der Waals surface area contributed by atoms with Crippen molar-refractivity contribution in [1.82, 2.24) is 5.32 Å². The molecule has 0 saturated carbocycles. The summed E-state index contributed by atoms with van der Waals surface area (Å²) in [5.74, 6) is -0.0350. The van der Waals surface area contributed by atoms with E-state index in [2.05, 4.69) is 18.5 Å². The summed E-state index contributed by atoms with van der Waals surface area (Å²) in [6.07, 6.45) is 1.84. The van der Waals surface area contributed by atoms with E-state index in [0.717, 1.165) is 6.29 Å². The summed E-state index contributed by atoms with van der Waals surface area (Å²) in [7, 11) is 0. The van der Waals surface area contributed by atoms with Gasteiger partial charge in [-0.05, 0) is 18.9 Å². The number of rotatable bonds is 7. The molecule has 0 heterocycles. The molecule has 0 unspecified atom stereocenters. The van der Waals surface area contributed by atoms with E-state index in [1.54, 1.807) is 6.92 Å². The molecule has 3 heteroatoms. The van der Waals surface area contributed by atoms with Crippen LogP contribution in [-0.2, 0) is 9.59 Å². The number of aldehydes is 1. The third kappa shape index (κ3) is 5.84. The van der Waals surface area contributed by atoms with Crippen LogP contribution in [0.3, 0.4) is 0 Å². The maximum atomic E-state index is 11.0. The summed E-state index contributed by atoms with van der Waals surface area (Å²) >= 11 is 0. The first-order chi connectivity index (χ1) is 6.07. The second-order valence-corrected chi connectivity index (χ2v) is 2.87. The lowest BCUT2D eigenvalue weighted by Gasteiger charge is -2.06. The van der Waals surface area contributed by atoms with Gasteiger partial charge in [0.25, 0.3) is 0 Å². The average molecular weight is 181 g/mol. The normalized spacial score (nSPS) is 9.00. The Morgan fingerprint density at radius 2 is 2.08 bits per heavy atom. The molecule has 0 saturated heterocycles. The Morgan fingerprint density at radius 1 is 1.46 bits per heavy atom. The van der Waals surface area contributed by atoms with Gasteiger partial charge in [0, 0.05) is 12.1 Å². The molecule has 0 aliphatic heterocycles. The molecule has 0 fully saturated rings. The number of ketones is 1. The van der Waals surface area contributed by atoms with E-state index >= 15 is 0 Å². The molecule has 0 radical (unpaired) electrons. The minimum atomic E-state index is -0.0350. The number of nitrogens with one attached hydrogen (secondary N) is 1. The van der Waals surface area contributed by atoms with Crippen LogP contribution in [0.4, 0.5) is 0 Å². The first-order valence-electron chi connectivity index (χ1n) is 4.12. The van der Waals surface area contributed by atoms with Crippen LogP contribution in [0.5, 0.6) is 0 Å². The molecule has 1 N–H and O–H groups in total. The first kappa shape index (κ1) is 11.6. The highest BCUT2D eigenvalue weighted by molar-refractivity contribution is 5.95. The van der Waals surface area contributed by atoms with E-state index in [-0.39, 0.29) is 12.3 Å². The smallest absolute Gasteiger partial charge is 0.176 e. The van der Waals surface area contributed by atoms with Crippen LogP contribution in [0.1, 0.15) is 19.8 Å². The average Bonchev–Trinajstić information content (AvgIpc) is 2.10. The molecule has 0 atom stereocenters. The molecule has 0 rings (SSSR count). The van der Waals surface area contributed by atoms with Crippen molar-refractivity contribution < 1.29 is 9.59 Å². The van der Waals surface area contributed by atoms with Crippen molar-refractivity contribution in [3.63, 3.8) is 0 Å². The summed E-state index contributed by atoms with van der Waals surface area (Å²) < 4.78 is 0. The van der Waals surface area contributed by atoms with Gasteiger partial charge in [0.15, 0.2) is 5.78 Å². The zero-order valence-electron chi connectivity index (χ0n) is 7.93. The van der Waals surface area contributed by atoms with Gasteiger partial charge < -0.3 is 10.1 Å². The molecule has 0 aliphatic rings. The Morgan fingerprint density at radius 3 is 2.54 bits per heavy atom. The van der Waals surface area contributed by atoms with Gasteiger partial charge in [-0.25, -0.2) is 0 Å². The summed E-state index contributed by atoms with van der Waals surface area (Å²) in [6.45, 7) is 9.07. The van der Waals surface area contributed by atoms with Gasteiger partial charge in [-0.15, -0.1) is 0 Å². The summed E-state index contributed by atoms with van der Waals surface area (Å²) in [5, 5.41) is 2.83. The van der Waals surface area contributed by atoms with Crippen LogP contribution in [0, 0.1) is 0 Å². The van der Waals surface area contributed by atoms with Crippen LogP contribution >= 0.6 is 0 Å². The standard InChI is InChI=1S/C10H15NO2/c1-8(2)10(13)7-11-9(3)5-4-6-12/h6,11H,1,3-5,7H2,2H3. The van der Waals surface area contributed by atoms with Crippen molar-refractivity contribution in [2.75, 3.05) is 6.54 Å². The van der Waals surface area contributed by atoms with E-state index in [0.29, 0.717) is 24.1 Å². The molecule has 3 nitrogen and oxygen atoms in total. The van der Waals surface area contributed by atoms with E-state index in [1.807, 2.05) is 0 Å². The van der Waals surface area contributed by atoms with Crippen molar-refractivity contribution >= 4 is 12.1 Å². The van der Waals surface area contributed by atoms with Crippen LogP contribution in [0.25, 0.3) is 0 Å². The number of hydrogen-bond donors (Lipinski definition) is 1. The molecule has 0 spiro atoms. The Bertz CT molecular complexity index is 231. The van der Waals surface area contributed by atoms with Crippen molar-refractivity contribution in [3.8, 4) is 0 Å². The minimum Gasteiger partial charge on any atom is -0.381 e. The first-order valence-corrected chi connectivity index (χ1v) is 4.12. The fourth-order valence-corrected chi connectivity index (χ4v) is 0.678. The van der Waals surface area contributed by atoms with Gasteiger partial charge in [0.05, 0.1) is 6.54 Å². The molecule has 0 aromatic carbocycles. The quantitative estimate of drug-likeness (QED) is 0.474. The predicted octanol–water partition coefficient (Wildman–Crippen LogP) is 1.21. The van der Waals surface area contributed by atoms with Crippen molar-refractivity contribution in [2.24, 2.45) is 0 Å². The SMILES string of the molecule is C=C(CCC=O)NCC(=O)C(=C)C. The number of carbonyl (C=O) groups is 2. The van der Waals surface area contributed by atoms with Gasteiger partial charge in [-0.1, -0.05) is 13.2 Å². The zero-order chi connectivity index (χ0) is 10.3. The maximum absolute atomic E-state index is 11.0. The highest BCUT2D eigenvalue weighted by Gasteiger charge is 2.01. The Balaban J connectivity index is 3.63. The van der Waals surface area contributed by atoms with Crippen molar-refractivity contribution in [3.05, 3.63) is 24.4 Å². The maximum Gasteiger partial charge on any atom is 0.176 e. The fraction of sp³-hybridized carbons (Fsp3) is 0.400. The summed E-state index contributed by atoms with van der Waals surface area (Å²) in [5.41, 5.74) is 1.23. The Kier molecular flexibility index (Phi) is 5.52. The molecule has 13 heavy (non-hydrogen) atoms. The summed E-state index contributed by atoms with van der Waals surface area (Å²) in [6, 6.07) is 0. The minimum absolute atomic E-state index is 0.0350. The topological polar surface area (TPSA) is 46.2 Å². The number of allylic oxidation sites excluding steroid dienone is 1. The lowest BCUT2D eigenvalue weighted by Crippen LogP contribution is -2.22. The number of Topliss-reactive ketones (excluding diaryl/α,β-unsaturated/α-hetero) is 1. The second kappa shape index (κ2) is 6.17. The van der Waals surface area contributed by atoms with E-state index in [9.17, 15) is 9.59 Å². The van der Waals surface area contributed by atoms with Crippen LogP contribution in [0.2, 0.25) is 0 Å². The predicted molar refractivity (Wildman–Crippen MR) is 52.3 cm³/mol. The third-order valence-corrected chi connectivity index (χ3v) is 1.54. The van der Waals surface area contributed by atoms with E-state index in [1.165, 1.54) is 0 Å². The van der Waals surface area contributed by atoms with Crippen LogP contribution in [-0.4, -0.2) is 18.6 Å². The van der Waals surface area contributed by atoms with Crippen molar-refractivity contribution in [1.29, 1.82) is 0 Å². The van der Waals surface area contributed by atoms with Gasteiger partial charge in [0.1, 0.15) is 6.29 Å². The highest BCUT2D eigenvalue weighted by atomic mass is 16.1. The van der Waals surface area contributed by atoms with E-state index in [4.69, 9.17) is 0 Å². The lowest BCUT2D eigenvalue weighted by molar-refractivity contribution is -0.114. The van der Waals surface area contributed by atoms with Gasteiger partial charge in [-0.2, -0.15) is 0 Å². The molecule has 0 aromatic rings. The number of carbonyl (C=O) groups excluding carboxylic acids is 2. The largest absolute Gasteiger partial charge is 0.381 e. The van der Waals surface area contributed by atoms with E-state index < -0.39 is 0 Å².